The Labute approximate surface area is 125 Å². The molecule has 0 amide bonds. The molecule has 0 heterocycles. The van der Waals surface area contributed by atoms with E-state index in [1.165, 1.54) is 0 Å². The fraction of sp³-hybridized carbons (Fsp3) is 0.625. The van der Waals surface area contributed by atoms with Crippen LogP contribution in [0.5, 0.6) is 23.0 Å². The maximum Gasteiger partial charge on any atom is 0.203 e. The van der Waals surface area contributed by atoms with Gasteiger partial charge < -0.3 is 24.1 Å². The molecule has 2 rings (SSSR count). The summed E-state index contributed by atoms with van der Waals surface area (Å²) < 4.78 is 21.8. The number of benzene rings is 1. The summed E-state index contributed by atoms with van der Waals surface area (Å²) >= 11 is 0. The molecule has 1 aliphatic rings. The molecular formula is C16H24O5. The van der Waals surface area contributed by atoms with Crippen LogP contribution in [0.3, 0.4) is 0 Å². The number of ether oxygens (including phenoxy) is 4. The van der Waals surface area contributed by atoms with Gasteiger partial charge in [-0.25, -0.2) is 0 Å². The normalized spacial score (nSPS) is 23.7. The summed E-state index contributed by atoms with van der Waals surface area (Å²) in [6, 6.07) is 3.50. The SMILES string of the molecule is COc1cc(OC2CCC(C)(C)C2O)cc(OC)c1OC. The minimum Gasteiger partial charge on any atom is -0.493 e. The van der Waals surface area contributed by atoms with Crippen molar-refractivity contribution in [3.63, 3.8) is 0 Å². The van der Waals surface area contributed by atoms with Gasteiger partial charge in [-0.05, 0) is 18.3 Å². The zero-order valence-corrected chi connectivity index (χ0v) is 13.3. The zero-order valence-electron chi connectivity index (χ0n) is 13.3. The highest BCUT2D eigenvalue weighted by atomic mass is 16.5. The van der Waals surface area contributed by atoms with Gasteiger partial charge in [0.25, 0.3) is 0 Å². The van der Waals surface area contributed by atoms with Gasteiger partial charge in [-0.1, -0.05) is 13.8 Å². The Kier molecular flexibility index (Phi) is 4.52. The van der Waals surface area contributed by atoms with Gasteiger partial charge in [0.2, 0.25) is 5.75 Å². The molecule has 2 atom stereocenters. The Morgan fingerprint density at radius 2 is 1.62 bits per heavy atom. The van der Waals surface area contributed by atoms with E-state index in [4.69, 9.17) is 18.9 Å². The van der Waals surface area contributed by atoms with Crippen LogP contribution in [0.1, 0.15) is 26.7 Å². The summed E-state index contributed by atoms with van der Waals surface area (Å²) in [5, 5.41) is 10.3. The van der Waals surface area contributed by atoms with Crippen LogP contribution in [0, 0.1) is 5.41 Å². The van der Waals surface area contributed by atoms with Crippen molar-refractivity contribution in [2.24, 2.45) is 5.41 Å². The molecule has 1 saturated carbocycles. The summed E-state index contributed by atoms with van der Waals surface area (Å²) in [5.41, 5.74) is -0.120. The van der Waals surface area contributed by atoms with Crippen LogP contribution in [0.15, 0.2) is 12.1 Å². The molecule has 1 N–H and O–H groups in total. The van der Waals surface area contributed by atoms with Gasteiger partial charge in [-0.3, -0.25) is 0 Å². The van der Waals surface area contributed by atoms with Crippen molar-refractivity contribution in [2.75, 3.05) is 21.3 Å². The van der Waals surface area contributed by atoms with Crippen molar-refractivity contribution in [3.8, 4) is 23.0 Å². The van der Waals surface area contributed by atoms with Crippen LogP contribution in [0.2, 0.25) is 0 Å². The van der Waals surface area contributed by atoms with E-state index in [0.29, 0.717) is 23.0 Å². The summed E-state index contributed by atoms with van der Waals surface area (Å²) in [6.45, 7) is 4.10. The topological polar surface area (TPSA) is 57.2 Å². The Hall–Kier alpha value is -1.62. The van der Waals surface area contributed by atoms with Crippen molar-refractivity contribution in [1.82, 2.24) is 0 Å². The fourth-order valence-electron chi connectivity index (χ4n) is 2.75. The molecule has 21 heavy (non-hydrogen) atoms. The van der Waals surface area contributed by atoms with Crippen LogP contribution in [-0.2, 0) is 0 Å². The Bertz CT molecular complexity index is 472. The lowest BCUT2D eigenvalue weighted by Crippen LogP contribution is -2.34. The van der Waals surface area contributed by atoms with E-state index >= 15 is 0 Å². The van der Waals surface area contributed by atoms with Crippen molar-refractivity contribution >= 4 is 0 Å². The number of hydrogen-bond donors (Lipinski definition) is 1. The Balaban J connectivity index is 2.25. The van der Waals surface area contributed by atoms with Crippen molar-refractivity contribution in [3.05, 3.63) is 12.1 Å². The monoisotopic (exact) mass is 296 g/mol. The molecule has 0 aromatic heterocycles. The lowest BCUT2D eigenvalue weighted by atomic mass is 9.89. The van der Waals surface area contributed by atoms with E-state index in [2.05, 4.69) is 13.8 Å². The van der Waals surface area contributed by atoms with E-state index in [1.54, 1.807) is 33.5 Å². The molecule has 1 aliphatic carbocycles. The molecule has 0 spiro atoms. The van der Waals surface area contributed by atoms with Crippen molar-refractivity contribution in [2.45, 2.75) is 38.9 Å². The lowest BCUT2D eigenvalue weighted by Gasteiger charge is -2.26. The first-order chi connectivity index (χ1) is 9.92. The second-order valence-corrected chi connectivity index (χ2v) is 5.99. The van der Waals surface area contributed by atoms with Gasteiger partial charge in [0.15, 0.2) is 11.5 Å². The molecule has 1 aromatic rings. The summed E-state index contributed by atoms with van der Waals surface area (Å²) in [5.74, 6) is 2.21. The number of aliphatic hydroxyl groups is 1. The number of aliphatic hydroxyl groups excluding tert-OH is 1. The van der Waals surface area contributed by atoms with Gasteiger partial charge in [-0.2, -0.15) is 0 Å². The molecule has 0 bridgehead atoms. The fourth-order valence-corrected chi connectivity index (χ4v) is 2.75. The van der Waals surface area contributed by atoms with Gasteiger partial charge >= 0.3 is 0 Å². The van der Waals surface area contributed by atoms with Crippen LogP contribution < -0.4 is 18.9 Å². The zero-order chi connectivity index (χ0) is 15.6. The minimum absolute atomic E-state index is 0.120. The molecule has 2 unspecified atom stereocenters. The molecule has 5 nitrogen and oxygen atoms in total. The van der Waals surface area contributed by atoms with Crippen LogP contribution in [0.25, 0.3) is 0 Å². The molecule has 0 radical (unpaired) electrons. The maximum atomic E-state index is 10.3. The lowest BCUT2D eigenvalue weighted by molar-refractivity contribution is 0.00476. The predicted molar refractivity (Wildman–Crippen MR) is 79.5 cm³/mol. The number of methoxy groups -OCH3 is 3. The van der Waals surface area contributed by atoms with E-state index < -0.39 is 6.10 Å². The smallest absolute Gasteiger partial charge is 0.203 e. The second-order valence-electron chi connectivity index (χ2n) is 5.99. The quantitative estimate of drug-likeness (QED) is 0.905. The third kappa shape index (κ3) is 3.02. The Morgan fingerprint density at radius 3 is 2.00 bits per heavy atom. The molecule has 1 fully saturated rings. The highest BCUT2D eigenvalue weighted by Gasteiger charge is 2.42. The average molecular weight is 296 g/mol. The van der Waals surface area contributed by atoms with Crippen molar-refractivity contribution < 1.29 is 24.1 Å². The number of rotatable bonds is 5. The summed E-state index contributed by atoms with van der Waals surface area (Å²) in [4.78, 5) is 0. The average Bonchev–Trinajstić information content (AvgIpc) is 2.73. The van der Waals surface area contributed by atoms with Crippen LogP contribution in [0.4, 0.5) is 0 Å². The first-order valence-electron chi connectivity index (χ1n) is 7.07. The van der Waals surface area contributed by atoms with Crippen molar-refractivity contribution in [1.29, 1.82) is 0 Å². The van der Waals surface area contributed by atoms with E-state index in [0.717, 1.165) is 12.8 Å². The number of hydrogen-bond acceptors (Lipinski definition) is 5. The highest BCUT2D eigenvalue weighted by Crippen LogP contribution is 2.43. The highest BCUT2D eigenvalue weighted by molar-refractivity contribution is 5.55. The maximum absolute atomic E-state index is 10.3. The second kappa shape index (κ2) is 6.02. The summed E-state index contributed by atoms with van der Waals surface area (Å²) in [6.07, 6.45) is 1.05. The van der Waals surface area contributed by atoms with Gasteiger partial charge in [-0.15, -0.1) is 0 Å². The molecule has 0 aliphatic heterocycles. The molecule has 0 saturated heterocycles. The first-order valence-corrected chi connectivity index (χ1v) is 7.07. The molecular weight excluding hydrogens is 272 g/mol. The Morgan fingerprint density at radius 1 is 1.05 bits per heavy atom. The van der Waals surface area contributed by atoms with E-state index in [-0.39, 0.29) is 11.5 Å². The largest absolute Gasteiger partial charge is 0.493 e. The minimum atomic E-state index is -0.489. The first kappa shape index (κ1) is 15.8. The standard InChI is InChI=1S/C16H24O5/c1-16(2)7-6-11(15(16)17)21-10-8-12(18-3)14(20-5)13(9-10)19-4/h8-9,11,15,17H,6-7H2,1-5H3. The third-order valence-electron chi connectivity index (χ3n) is 4.15. The molecule has 5 heteroatoms. The van der Waals surface area contributed by atoms with Crippen LogP contribution in [-0.4, -0.2) is 38.6 Å². The van der Waals surface area contributed by atoms with Gasteiger partial charge in [0.1, 0.15) is 11.9 Å². The summed E-state index contributed by atoms with van der Waals surface area (Å²) in [7, 11) is 4.69. The predicted octanol–water partition coefficient (Wildman–Crippen LogP) is 2.64. The van der Waals surface area contributed by atoms with E-state index in [1.807, 2.05) is 0 Å². The molecule has 1 aromatic carbocycles. The molecule has 118 valence electrons. The third-order valence-corrected chi connectivity index (χ3v) is 4.15. The van der Waals surface area contributed by atoms with Crippen LogP contribution >= 0.6 is 0 Å². The van der Waals surface area contributed by atoms with Gasteiger partial charge in [0.05, 0.1) is 27.4 Å². The van der Waals surface area contributed by atoms with Gasteiger partial charge in [0, 0.05) is 12.1 Å². The van der Waals surface area contributed by atoms with E-state index in [9.17, 15) is 5.11 Å².